The van der Waals surface area contributed by atoms with Crippen molar-refractivity contribution in [3.05, 3.63) is 0 Å². The van der Waals surface area contributed by atoms with Crippen LogP contribution < -0.4 is 0 Å². The Bertz CT molecular complexity index is 154. The van der Waals surface area contributed by atoms with Crippen molar-refractivity contribution >= 4 is 7.60 Å². The summed E-state index contributed by atoms with van der Waals surface area (Å²) in [6.45, 7) is 14.8. The SMILES string of the molecule is C.C.CCC.CCCC.CCCC.CCCP(=O)(O)OC. The Balaban J connectivity index is -0.0000000376. The van der Waals surface area contributed by atoms with Gasteiger partial charge >= 0.3 is 7.60 Å². The van der Waals surface area contributed by atoms with Crippen molar-refractivity contribution in [1.29, 1.82) is 0 Å². The lowest BCUT2D eigenvalue weighted by atomic mass is 10.4. The number of hydrogen-bond acceptors (Lipinski definition) is 2. The highest BCUT2D eigenvalue weighted by atomic mass is 31.2. The van der Waals surface area contributed by atoms with Crippen molar-refractivity contribution in [2.24, 2.45) is 0 Å². The van der Waals surface area contributed by atoms with Crippen LogP contribution in [0.4, 0.5) is 0 Å². The molecule has 1 atom stereocenters. The minimum Gasteiger partial charge on any atom is -0.324 e. The lowest BCUT2D eigenvalue weighted by Crippen LogP contribution is -1.87. The van der Waals surface area contributed by atoms with E-state index in [1.54, 1.807) is 0 Å². The molecule has 0 aliphatic rings. The van der Waals surface area contributed by atoms with E-state index in [1.807, 2.05) is 6.92 Å². The molecule has 0 aliphatic carbocycles. The van der Waals surface area contributed by atoms with E-state index in [0.29, 0.717) is 6.42 Å². The summed E-state index contributed by atoms with van der Waals surface area (Å²) in [5.74, 6) is 0. The fraction of sp³-hybridized carbons (Fsp3) is 1.00. The first kappa shape index (κ1) is 37.4. The molecule has 1 unspecified atom stereocenters. The van der Waals surface area contributed by atoms with Gasteiger partial charge in [-0.2, -0.15) is 0 Å². The molecule has 4 heteroatoms. The fourth-order valence-electron chi connectivity index (χ4n) is 0.374. The molecule has 0 rings (SSSR count). The van der Waals surface area contributed by atoms with E-state index in [1.165, 1.54) is 39.2 Å². The average Bonchev–Trinajstić information content (AvgIpc) is 2.40. The third-order valence-corrected chi connectivity index (χ3v) is 3.37. The van der Waals surface area contributed by atoms with Gasteiger partial charge in [-0.25, -0.2) is 0 Å². The van der Waals surface area contributed by atoms with Crippen LogP contribution in [0.15, 0.2) is 0 Å². The van der Waals surface area contributed by atoms with Crippen molar-refractivity contribution in [1.82, 2.24) is 0 Å². The highest BCUT2D eigenvalue weighted by Gasteiger charge is 2.13. The van der Waals surface area contributed by atoms with Gasteiger partial charge in [0, 0.05) is 13.3 Å². The Labute approximate surface area is 137 Å². The van der Waals surface area contributed by atoms with E-state index >= 15 is 0 Å². The van der Waals surface area contributed by atoms with Crippen LogP contribution in [0, 0.1) is 0 Å². The number of rotatable bonds is 5. The zero-order valence-corrected chi connectivity index (χ0v) is 15.6. The lowest BCUT2D eigenvalue weighted by molar-refractivity contribution is 0.315. The molecule has 3 nitrogen and oxygen atoms in total. The number of unbranched alkanes of at least 4 members (excludes halogenated alkanes) is 2. The largest absolute Gasteiger partial charge is 0.327 e. The minimum absolute atomic E-state index is 0. The summed E-state index contributed by atoms with van der Waals surface area (Å²) in [7, 11) is -1.93. The zero-order valence-electron chi connectivity index (χ0n) is 14.7. The molecule has 0 saturated heterocycles. The first-order valence-electron chi connectivity index (χ1n) is 7.74. The van der Waals surface area contributed by atoms with Gasteiger partial charge < -0.3 is 9.42 Å². The predicted octanol–water partition coefficient (Wildman–Crippen LogP) is 7.53. The molecular formula is C17H47O3P. The van der Waals surface area contributed by atoms with Crippen LogP contribution in [0.25, 0.3) is 0 Å². The van der Waals surface area contributed by atoms with Crippen LogP contribution in [0.3, 0.4) is 0 Å². The van der Waals surface area contributed by atoms with E-state index in [9.17, 15) is 4.57 Å². The molecule has 0 bridgehead atoms. The summed E-state index contributed by atoms with van der Waals surface area (Å²) in [6.07, 6.45) is 7.46. The van der Waals surface area contributed by atoms with Gasteiger partial charge in [0.05, 0.1) is 0 Å². The molecule has 0 amide bonds. The van der Waals surface area contributed by atoms with Gasteiger partial charge in [-0.3, -0.25) is 4.57 Å². The second kappa shape index (κ2) is 36.9. The van der Waals surface area contributed by atoms with Crippen LogP contribution in [-0.4, -0.2) is 18.2 Å². The molecule has 0 heterocycles. The Morgan fingerprint density at radius 2 is 1.00 bits per heavy atom. The van der Waals surface area contributed by atoms with Gasteiger partial charge in [-0.1, -0.05) is 95.4 Å². The van der Waals surface area contributed by atoms with Gasteiger partial charge in [0.25, 0.3) is 0 Å². The molecule has 0 fully saturated rings. The van der Waals surface area contributed by atoms with Crippen molar-refractivity contribution < 1.29 is 14.0 Å². The minimum atomic E-state index is -3.17. The molecular weight excluding hydrogens is 283 g/mol. The highest BCUT2D eigenvalue weighted by molar-refractivity contribution is 7.52. The van der Waals surface area contributed by atoms with E-state index in [0.717, 1.165) is 0 Å². The summed E-state index contributed by atoms with van der Waals surface area (Å²) < 4.78 is 14.8. The third-order valence-electron chi connectivity index (χ3n) is 1.79. The average molecular weight is 331 g/mol. The summed E-state index contributed by atoms with van der Waals surface area (Å²) >= 11 is 0. The fourth-order valence-corrected chi connectivity index (χ4v) is 1.12. The molecule has 21 heavy (non-hydrogen) atoms. The maximum Gasteiger partial charge on any atom is 0.327 e. The molecule has 0 radical (unpaired) electrons. The van der Waals surface area contributed by atoms with Crippen LogP contribution in [0.2, 0.25) is 0 Å². The van der Waals surface area contributed by atoms with Crippen molar-refractivity contribution in [3.8, 4) is 0 Å². The van der Waals surface area contributed by atoms with Crippen LogP contribution in [0.1, 0.15) is 102 Å². The van der Waals surface area contributed by atoms with Gasteiger partial charge in [-0.05, 0) is 6.42 Å². The maximum atomic E-state index is 10.5. The third kappa shape index (κ3) is 79.3. The second-order valence-corrected chi connectivity index (χ2v) is 6.34. The van der Waals surface area contributed by atoms with Crippen molar-refractivity contribution in [3.63, 3.8) is 0 Å². The molecule has 0 aromatic carbocycles. The molecule has 0 saturated carbocycles. The van der Waals surface area contributed by atoms with Gasteiger partial charge in [0.15, 0.2) is 0 Å². The Hall–Kier alpha value is 0.150. The monoisotopic (exact) mass is 330 g/mol. The van der Waals surface area contributed by atoms with Gasteiger partial charge in [-0.15, -0.1) is 0 Å². The van der Waals surface area contributed by atoms with Crippen LogP contribution >= 0.6 is 7.60 Å². The second-order valence-electron chi connectivity index (χ2n) is 4.25. The first-order valence-corrected chi connectivity index (χ1v) is 9.50. The summed E-state index contributed by atoms with van der Waals surface area (Å²) in [5.41, 5.74) is 0. The first-order chi connectivity index (χ1) is 8.86. The normalized spacial score (nSPS) is 10.5. The van der Waals surface area contributed by atoms with Crippen molar-refractivity contribution in [2.75, 3.05) is 13.3 Å². The highest BCUT2D eigenvalue weighted by Crippen LogP contribution is 2.40. The van der Waals surface area contributed by atoms with E-state index in [-0.39, 0.29) is 21.0 Å². The molecule has 138 valence electrons. The predicted molar refractivity (Wildman–Crippen MR) is 103 cm³/mol. The molecule has 0 aromatic rings. The Morgan fingerprint density at radius 3 is 1.05 bits per heavy atom. The van der Waals surface area contributed by atoms with Gasteiger partial charge in [0.2, 0.25) is 0 Å². The van der Waals surface area contributed by atoms with Crippen molar-refractivity contribution in [2.45, 2.75) is 102 Å². The zero-order chi connectivity index (χ0) is 16.2. The molecule has 0 aliphatic heterocycles. The smallest absolute Gasteiger partial charge is 0.324 e. The van der Waals surface area contributed by atoms with E-state index in [2.05, 4.69) is 46.1 Å². The topological polar surface area (TPSA) is 46.5 Å². The number of hydrogen-bond donors (Lipinski definition) is 1. The Kier molecular flexibility index (Phi) is 65.8. The standard InChI is InChI=1S/C4H11O3P.2C4H10.C3H8.2CH4/c1-3-4-8(5,6)7-2;2*1-3-4-2;1-3-2;;/h3-4H2,1-2H3,(H,5,6);2*3-4H2,1-2H3;3H2,1-2H3;2*1H4. The quantitative estimate of drug-likeness (QED) is 0.530. The summed E-state index contributed by atoms with van der Waals surface area (Å²) in [6, 6.07) is 0. The summed E-state index contributed by atoms with van der Waals surface area (Å²) in [4.78, 5) is 8.66. The molecule has 0 spiro atoms. The summed E-state index contributed by atoms with van der Waals surface area (Å²) in [5, 5.41) is 0. The molecule has 0 aromatic heterocycles. The van der Waals surface area contributed by atoms with E-state index < -0.39 is 7.60 Å². The van der Waals surface area contributed by atoms with E-state index in [4.69, 9.17) is 4.89 Å². The maximum absolute atomic E-state index is 10.5. The lowest BCUT2D eigenvalue weighted by Gasteiger charge is -2.04. The molecule has 1 N–H and O–H groups in total. The Morgan fingerprint density at radius 1 is 0.762 bits per heavy atom. The van der Waals surface area contributed by atoms with Gasteiger partial charge in [0.1, 0.15) is 0 Å². The van der Waals surface area contributed by atoms with Crippen LogP contribution in [0.5, 0.6) is 0 Å². The van der Waals surface area contributed by atoms with Crippen LogP contribution in [-0.2, 0) is 9.09 Å².